The fraction of sp³-hybridized carbons (Fsp3) is 0.345. The van der Waals surface area contributed by atoms with Crippen LogP contribution in [-0.2, 0) is 39.1 Å². The first-order valence-corrected chi connectivity index (χ1v) is 14.9. The van der Waals surface area contributed by atoms with Crippen molar-refractivity contribution in [1.29, 1.82) is 0 Å². The number of aromatic nitrogens is 1. The van der Waals surface area contributed by atoms with Gasteiger partial charge in [-0.1, -0.05) is 41.9 Å². The standard InChI is InChI=1S/C29H33ClN4O4S/c1-22(29(36)32-20-25-5-4-16-31-19-25)34(21-24-6-11-26(30)12-7-24)28(35)15-10-23-8-13-27(14-9-23)39(37,38)33-17-2-3-18-33/h4-9,11-14,16,19,22H,2-3,10,15,17-18,20-21H2,1H3,(H,32,36). The molecule has 1 saturated heterocycles. The van der Waals surface area contributed by atoms with Crippen molar-refractivity contribution >= 4 is 33.4 Å². The number of amides is 2. The number of carbonyl (C=O) groups excluding carboxylic acids is 2. The average molecular weight is 569 g/mol. The number of benzene rings is 2. The molecule has 0 spiro atoms. The van der Waals surface area contributed by atoms with Gasteiger partial charge < -0.3 is 10.2 Å². The molecule has 4 rings (SSSR count). The molecule has 206 valence electrons. The third kappa shape index (κ3) is 7.65. The van der Waals surface area contributed by atoms with Crippen LogP contribution in [0.2, 0.25) is 5.02 Å². The van der Waals surface area contributed by atoms with Crippen molar-refractivity contribution < 1.29 is 18.0 Å². The van der Waals surface area contributed by atoms with E-state index < -0.39 is 16.1 Å². The topological polar surface area (TPSA) is 99.7 Å². The molecule has 39 heavy (non-hydrogen) atoms. The summed E-state index contributed by atoms with van der Waals surface area (Å²) in [4.78, 5) is 32.3. The minimum atomic E-state index is -3.48. The van der Waals surface area contributed by atoms with Gasteiger partial charge in [-0.3, -0.25) is 14.6 Å². The van der Waals surface area contributed by atoms with E-state index in [0.717, 1.165) is 29.5 Å². The van der Waals surface area contributed by atoms with Crippen LogP contribution < -0.4 is 5.32 Å². The maximum absolute atomic E-state index is 13.4. The highest BCUT2D eigenvalue weighted by Gasteiger charge is 2.28. The van der Waals surface area contributed by atoms with Crippen LogP contribution in [0.4, 0.5) is 0 Å². The number of nitrogens with zero attached hydrogens (tertiary/aromatic N) is 3. The second-order valence-corrected chi connectivity index (χ2v) is 12.0. The molecule has 1 aliphatic heterocycles. The minimum Gasteiger partial charge on any atom is -0.350 e. The lowest BCUT2D eigenvalue weighted by Gasteiger charge is -2.29. The number of hydrogen-bond acceptors (Lipinski definition) is 5. The van der Waals surface area contributed by atoms with Gasteiger partial charge in [0.2, 0.25) is 21.8 Å². The van der Waals surface area contributed by atoms with Crippen molar-refractivity contribution in [3.63, 3.8) is 0 Å². The maximum Gasteiger partial charge on any atom is 0.243 e. The molecular weight excluding hydrogens is 536 g/mol. The zero-order chi connectivity index (χ0) is 27.8. The van der Waals surface area contributed by atoms with Crippen LogP contribution in [0.5, 0.6) is 0 Å². The molecular formula is C29H33ClN4O4S. The summed E-state index contributed by atoms with van der Waals surface area (Å²) in [5.74, 6) is -0.444. The Morgan fingerprint density at radius 3 is 2.31 bits per heavy atom. The SMILES string of the molecule is CC(C(=O)NCc1cccnc1)N(Cc1ccc(Cl)cc1)C(=O)CCc1ccc(S(=O)(=O)N2CCCC2)cc1. The Bertz CT molecular complexity index is 1360. The molecule has 1 aliphatic rings. The minimum absolute atomic E-state index is 0.173. The van der Waals surface area contributed by atoms with E-state index in [0.29, 0.717) is 31.1 Å². The number of nitrogens with one attached hydrogen (secondary N) is 1. The summed E-state index contributed by atoms with van der Waals surface area (Å²) in [6, 6.07) is 16.9. The molecule has 2 amide bonds. The normalized spacial score (nSPS) is 14.6. The zero-order valence-corrected chi connectivity index (χ0v) is 23.5. The molecule has 0 bridgehead atoms. The predicted octanol–water partition coefficient (Wildman–Crippen LogP) is 4.19. The fourth-order valence-corrected chi connectivity index (χ4v) is 6.15. The Kier molecular flexibility index (Phi) is 9.72. The van der Waals surface area contributed by atoms with E-state index in [1.807, 2.05) is 18.2 Å². The summed E-state index contributed by atoms with van der Waals surface area (Å²) in [6.07, 6.45) is 5.71. The zero-order valence-electron chi connectivity index (χ0n) is 21.9. The van der Waals surface area contributed by atoms with Crippen molar-refractivity contribution in [3.8, 4) is 0 Å². The second-order valence-electron chi connectivity index (χ2n) is 9.66. The van der Waals surface area contributed by atoms with E-state index in [-0.39, 0.29) is 29.7 Å². The Morgan fingerprint density at radius 2 is 1.67 bits per heavy atom. The van der Waals surface area contributed by atoms with Crippen LogP contribution >= 0.6 is 11.6 Å². The van der Waals surface area contributed by atoms with Gasteiger partial charge in [-0.25, -0.2) is 8.42 Å². The van der Waals surface area contributed by atoms with Gasteiger partial charge in [0.15, 0.2) is 0 Å². The number of pyridine rings is 1. The molecule has 0 aliphatic carbocycles. The van der Waals surface area contributed by atoms with Crippen molar-refractivity contribution in [1.82, 2.24) is 19.5 Å². The first-order valence-electron chi connectivity index (χ1n) is 13.0. The third-order valence-corrected chi connectivity index (χ3v) is 9.04. The summed E-state index contributed by atoms with van der Waals surface area (Å²) >= 11 is 6.03. The van der Waals surface area contributed by atoms with Gasteiger partial charge in [-0.15, -0.1) is 0 Å². The largest absolute Gasteiger partial charge is 0.350 e. The van der Waals surface area contributed by atoms with Gasteiger partial charge in [-0.2, -0.15) is 4.31 Å². The van der Waals surface area contributed by atoms with Gasteiger partial charge >= 0.3 is 0 Å². The monoisotopic (exact) mass is 568 g/mol. The van der Waals surface area contributed by atoms with Crippen LogP contribution in [0.3, 0.4) is 0 Å². The van der Waals surface area contributed by atoms with Crippen molar-refractivity contribution in [3.05, 3.63) is 94.8 Å². The molecule has 1 atom stereocenters. The van der Waals surface area contributed by atoms with Gasteiger partial charge in [0.1, 0.15) is 6.04 Å². The number of hydrogen-bond donors (Lipinski definition) is 1. The van der Waals surface area contributed by atoms with Gasteiger partial charge in [0.25, 0.3) is 0 Å². The molecule has 1 aromatic heterocycles. The quantitative estimate of drug-likeness (QED) is 0.374. The number of aryl methyl sites for hydroxylation is 1. The van der Waals surface area contributed by atoms with Crippen molar-refractivity contribution in [2.75, 3.05) is 13.1 Å². The summed E-state index contributed by atoms with van der Waals surface area (Å²) in [5, 5.41) is 3.48. The predicted molar refractivity (Wildman–Crippen MR) is 150 cm³/mol. The maximum atomic E-state index is 13.4. The van der Waals surface area contributed by atoms with Crippen LogP contribution in [0.15, 0.2) is 78.0 Å². The average Bonchev–Trinajstić information content (AvgIpc) is 3.51. The highest BCUT2D eigenvalue weighted by atomic mass is 35.5. The van der Waals surface area contributed by atoms with Crippen molar-refractivity contribution in [2.24, 2.45) is 0 Å². The van der Waals surface area contributed by atoms with Crippen LogP contribution in [0.25, 0.3) is 0 Å². The lowest BCUT2D eigenvalue weighted by atomic mass is 10.1. The number of halogens is 1. The van der Waals surface area contributed by atoms with E-state index in [4.69, 9.17) is 11.6 Å². The van der Waals surface area contributed by atoms with Gasteiger partial charge in [0.05, 0.1) is 4.90 Å². The molecule has 1 fully saturated rings. The van der Waals surface area contributed by atoms with Gasteiger partial charge in [0, 0.05) is 50.0 Å². The molecule has 3 aromatic rings. The Morgan fingerprint density at radius 1 is 1.00 bits per heavy atom. The molecule has 1 N–H and O–H groups in total. The number of sulfonamides is 1. The molecule has 1 unspecified atom stereocenters. The lowest BCUT2D eigenvalue weighted by molar-refractivity contribution is -0.140. The van der Waals surface area contributed by atoms with E-state index >= 15 is 0 Å². The fourth-order valence-electron chi connectivity index (χ4n) is 4.51. The highest BCUT2D eigenvalue weighted by Crippen LogP contribution is 2.22. The summed E-state index contributed by atoms with van der Waals surface area (Å²) in [7, 11) is -3.48. The molecule has 2 heterocycles. The first kappa shape index (κ1) is 28.7. The van der Waals surface area contributed by atoms with Crippen LogP contribution in [0, 0.1) is 0 Å². The highest BCUT2D eigenvalue weighted by molar-refractivity contribution is 7.89. The van der Waals surface area contributed by atoms with Crippen LogP contribution in [-0.4, -0.2) is 53.6 Å². The molecule has 0 radical (unpaired) electrons. The van der Waals surface area contributed by atoms with Crippen LogP contribution in [0.1, 0.15) is 42.9 Å². The summed E-state index contributed by atoms with van der Waals surface area (Å²) in [6.45, 7) is 3.38. The summed E-state index contributed by atoms with van der Waals surface area (Å²) in [5.41, 5.74) is 2.57. The first-order chi connectivity index (χ1) is 18.7. The third-order valence-electron chi connectivity index (χ3n) is 6.88. The van der Waals surface area contributed by atoms with E-state index in [1.54, 1.807) is 66.7 Å². The molecule has 10 heteroatoms. The van der Waals surface area contributed by atoms with E-state index in [2.05, 4.69) is 10.3 Å². The van der Waals surface area contributed by atoms with Crippen molar-refractivity contribution in [2.45, 2.75) is 56.6 Å². The molecule has 8 nitrogen and oxygen atoms in total. The Balaban J connectivity index is 1.42. The van der Waals surface area contributed by atoms with E-state index in [9.17, 15) is 18.0 Å². The van der Waals surface area contributed by atoms with Gasteiger partial charge in [-0.05, 0) is 73.2 Å². The molecule has 0 saturated carbocycles. The second kappa shape index (κ2) is 13.2. The smallest absolute Gasteiger partial charge is 0.243 e. The lowest BCUT2D eigenvalue weighted by Crippen LogP contribution is -2.47. The number of rotatable bonds is 11. The Hall–Kier alpha value is -3.27. The Labute approximate surface area is 235 Å². The molecule has 2 aromatic carbocycles. The number of carbonyl (C=O) groups is 2. The van der Waals surface area contributed by atoms with E-state index in [1.165, 1.54) is 4.31 Å². The summed E-state index contributed by atoms with van der Waals surface area (Å²) < 4.78 is 27.1.